The Bertz CT molecular complexity index is 448. The first-order valence-electron chi connectivity index (χ1n) is 6.22. The molecule has 1 heterocycles. The summed E-state index contributed by atoms with van der Waals surface area (Å²) in [7, 11) is 0. The standard InChI is InChI=1S/C13H16ClF3N2/c14-11-4-3-9(7-18)12(6-11)19-5-1-2-10(8-19)13(15,16)17/h3-4,6,10H,1-2,5,7-8,18H2. The number of halogens is 4. The summed E-state index contributed by atoms with van der Waals surface area (Å²) in [5.74, 6) is -1.27. The third-order valence-corrected chi connectivity index (χ3v) is 3.73. The molecule has 0 amide bonds. The highest BCUT2D eigenvalue weighted by Gasteiger charge is 2.42. The lowest BCUT2D eigenvalue weighted by molar-refractivity contribution is -0.175. The van der Waals surface area contributed by atoms with Gasteiger partial charge in [-0.05, 0) is 30.5 Å². The molecule has 0 aliphatic carbocycles. The Labute approximate surface area is 115 Å². The molecule has 6 heteroatoms. The zero-order valence-corrected chi connectivity index (χ0v) is 11.1. The largest absolute Gasteiger partial charge is 0.393 e. The van der Waals surface area contributed by atoms with Crippen LogP contribution in [0.5, 0.6) is 0 Å². The van der Waals surface area contributed by atoms with Gasteiger partial charge < -0.3 is 10.6 Å². The van der Waals surface area contributed by atoms with E-state index in [1.165, 1.54) is 0 Å². The number of benzene rings is 1. The summed E-state index contributed by atoms with van der Waals surface area (Å²) in [6.45, 7) is 0.885. The summed E-state index contributed by atoms with van der Waals surface area (Å²) in [4.78, 5) is 1.75. The lowest BCUT2D eigenvalue weighted by atomic mass is 9.96. The molecule has 1 unspecified atom stereocenters. The van der Waals surface area contributed by atoms with Gasteiger partial charge in [0, 0.05) is 30.3 Å². The summed E-state index contributed by atoms with van der Waals surface area (Å²) in [5, 5.41) is 0.515. The Morgan fingerprint density at radius 1 is 1.37 bits per heavy atom. The molecule has 1 saturated heterocycles. The average molecular weight is 293 g/mol. The predicted molar refractivity (Wildman–Crippen MR) is 70.3 cm³/mol. The van der Waals surface area contributed by atoms with Crippen LogP contribution in [0.1, 0.15) is 18.4 Å². The molecule has 1 aliphatic rings. The minimum Gasteiger partial charge on any atom is -0.371 e. The third-order valence-electron chi connectivity index (χ3n) is 3.49. The fourth-order valence-electron chi connectivity index (χ4n) is 2.47. The molecule has 0 saturated carbocycles. The van der Waals surface area contributed by atoms with Gasteiger partial charge in [0.1, 0.15) is 0 Å². The zero-order valence-electron chi connectivity index (χ0n) is 10.4. The van der Waals surface area contributed by atoms with Gasteiger partial charge >= 0.3 is 6.18 Å². The van der Waals surface area contributed by atoms with Crippen molar-refractivity contribution in [2.75, 3.05) is 18.0 Å². The molecule has 1 atom stereocenters. The van der Waals surface area contributed by atoms with E-state index in [1.807, 2.05) is 0 Å². The van der Waals surface area contributed by atoms with Gasteiger partial charge in [0.15, 0.2) is 0 Å². The van der Waals surface area contributed by atoms with E-state index in [9.17, 15) is 13.2 Å². The van der Waals surface area contributed by atoms with Crippen LogP contribution >= 0.6 is 11.6 Å². The highest BCUT2D eigenvalue weighted by molar-refractivity contribution is 6.30. The topological polar surface area (TPSA) is 29.3 Å². The second-order valence-electron chi connectivity index (χ2n) is 4.80. The Kier molecular flexibility index (Phi) is 4.26. The van der Waals surface area contributed by atoms with E-state index in [0.29, 0.717) is 24.5 Å². The molecule has 0 aromatic heterocycles. The van der Waals surface area contributed by atoms with Crippen molar-refractivity contribution < 1.29 is 13.2 Å². The van der Waals surface area contributed by atoms with E-state index in [2.05, 4.69) is 0 Å². The van der Waals surface area contributed by atoms with Gasteiger partial charge in [0.05, 0.1) is 5.92 Å². The molecular weight excluding hydrogens is 277 g/mol. The first-order valence-corrected chi connectivity index (χ1v) is 6.59. The van der Waals surface area contributed by atoms with Crippen molar-refractivity contribution in [3.63, 3.8) is 0 Å². The van der Waals surface area contributed by atoms with E-state index < -0.39 is 12.1 Å². The summed E-state index contributed by atoms with van der Waals surface area (Å²) in [6, 6.07) is 5.18. The number of rotatable bonds is 2. The third kappa shape index (κ3) is 3.34. The van der Waals surface area contributed by atoms with Crippen molar-refractivity contribution in [3.05, 3.63) is 28.8 Å². The SMILES string of the molecule is NCc1ccc(Cl)cc1N1CCCC(C(F)(F)F)C1. The van der Waals surface area contributed by atoms with Crippen LogP contribution in [0, 0.1) is 5.92 Å². The Balaban J connectivity index is 2.24. The van der Waals surface area contributed by atoms with E-state index in [0.717, 1.165) is 11.3 Å². The molecule has 2 rings (SSSR count). The smallest absolute Gasteiger partial charge is 0.371 e. The van der Waals surface area contributed by atoms with Crippen molar-refractivity contribution in [1.82, 2.24) is 0 Å². The highest BCUT2D eigenvalue weighted by Crippen LogP contribution is 2.36. The Hall–Kier alpha value is -0.940. The number of hydrogen-bond donors (Lipinski definition) is 1. The molecule has 0 bridgehead atoms. The van der Waals surface area contributed by atoms with E-state index in [1.54, 1.807) is 23.1 Å². The second kappa shape index (κ2) is 5.59. The fourth-order valence-corrected chi connectivity index (χ4v) is 2.63. The lowest BCUT2D eigenvalue weighted by Gasteiger charge is -2.36. The maximum atomic E-state index is 12.8. The molecule has 106 valence electrons. The van der Waals surface area contributed by atoms with Crippen LogP contribution in [0.25, 0.3) is 0 Å². The number of alkyl halides is 3. The number of nitrogens with zero attached hydrogens (tertiary/aromatic N) is 1. The van der Waals surface area contributed by atoms with Crippen molar-refractivity contribution in [3.8, 4) is 0 Å². The number of anilines is 1. The predicted octanol–water partition coefficient (Wildman–Crippen LogP) is 3.58. The fraction of sp³-hybridized carbons (Fsp3) is 0.538. The molecule has 1 aromatic carbocycles. The van der Waals surface area contributed by atoms with Gasteiger partial charge in [-0.1, -0.05) is 17.7 Å². The molecule has 2 nitrogen and oxygen atoms in total. The van der Waals surface area contributed by atoms with Gasteiger partial charge in [-0.15, -0.1) is 0 Å². The molecule has 19 heavy (non-hydrogen) atoms. The number of piperidine rings is 1. The van der Waals surface area contributed by atoms with E-state index in [4.69, 9.17) is 17.3 Å². The maximum absolute atomic E-state index is 12.8. The van der Waals surface area contributed by atoms with Gasteiger partial charge in [0.2, 0.25) is 0 Å². The molecular formula is C13H16ClF3N2. The molecule has 1 fully saturated rings. The average Bonchev–Trinajstić information content (AvgIpc) is 2.38. The summed E-state index contributed by atoms with van der Waals surface area (Å²) >= 11 is 5.93. The molecule has 1 aliphatic heterocycles. The van der Waals surface area contributed by atoms with Gasteiger partial charge in [0.25, 0.3) is 0 Å². The van der Waals surface area contributed by atoms with Crippen molar-refractivity contribution in [2.45, 2.75) is 25.6 Å². The quantitative estimate of drug-likeness (QED) is 0.903. The van der Waals surface area contributed by atoms with E-state index in [-0.39, 0.29) is 13.0 Å². The summed E-state index contributed by atoms with van der Waals surface area (Å²) < 4.78 is 38.4. The molecule has 2 N–H and O–H groups in total. The van der Waals surface area contributed by atoms with Crippen LogP contribution in [0.2, 0.25) is 5.02 Å². The van der Waals surface area contributed by atoms with Crippen LogP contribution in [0.4, 0.5) is 18.9 Å². The first-order chi connectivity index (χ1) is 8.91. The minimum absolute atomic E-state index is 0.0170. The Morgan fingerprint density at radius 3 is 2.74 bits per heavy atom. The normalized spacial score (nSPS) is 20.7. The van der Waals surface area contributed by atoms with Crippen LogP contribution in [0.15, 0.2) is 18.2 Å². The van der Waals surface area contributed by atoms with Gasteiger partial charge in [-0.3, -0.25) is 0 Å². The lowest BCUT2D eigenvalue weighted by Crippen LogP contribution is -2.42. The van der Waals surface area contributed by atoms with Crippen LogP contribution in [-0.2, 0) is 6.54 Å². The number of nitrogens with two attached hydrogens (primary N) is 1. The van der Waals surface area contributed by atoms with Crippen LogP contribution < -0.4 is 10.6 Å². The Morgan fingerprint density at radius 2 is 2.11 bits per heavy atom. The van der Waals surface area contributed by atoms with Crippen molar-refractivity contribution in [1.29, 1.82) is 0 Å². The molecule has 1 aromatic rings. The summed E-state index contributed by atoms with van der Waals surface area (Å²) in [6.07, 6.45) is -3.42. The van der Waals surface area contributed by atoms with Crippen molar-refractivity contribution in [2.24, 2.45) is 11.7 Å². The van der Waals surface area contributed by atoms with Crippen LogP contribution in [0.3, 0.4) is 0 Å². The molecule has 0 spiro atoms. The maximum Gasteiger partial charge on any atom is 0.393 e. The van der Waals surface area contributed by atoms with Crippen molar-refractivity contribution >= 4 is 17.3 Å². The van der Waals surface area contributed by atoms with Gasteiger partial charge in [-0.25, -0.2) is 0 Å². The highest BCUT2D eigenvalue weighted by atomic mass is 35.5. The minimum atomic E-state index is -4.14. The second-order valence-corrected chi connectivity index (χ2v) is 5.24. The van der Waals surface area contributed by atoms with Gasteiger partial charge in [-0.2, -0.15) is 13.2 Å². The number of hydrogen-bond acceptors (Lipinski definition) is 2. The zero-order chi connectivity index (χ0) is 14.0. The first kappa shape index (κ1) is 14.5. The van der Waals surface area contributed by atoms with E-state index >= 15 is 0 Å². The monoisotopic (exact) mass is 292 g/mol. The summed E-state index contributed by atoms with van der Waals surface area (Å²) in [5.41, 5.74) is 7.19. The van der Waals surface area contributed by atoms with Crippen LogP contribution in [-0.4, -0.2) is 19.3 Å². The molecule has 0 radical (unpaired) electrons.